The standard InChI is InChI=1S/C27H43N3O6S2/c1-17(2)13-21(26(33)34)30-25(32)23-22(35-15-18-9-7-6-8-10-18)12-11-19(36-23)14-29-24(31)20(28)16-37-38-27(3,4)5/h6-10,17,19-23H,11-16,28H2,1-5H3,(H,29,31)(H,30,32)(H,33,34)/t19-,20+,21+,22+,23+/m1/s1. The van der Waals surface area contributed by atoms with Crippen molar-refractivity contribution in [2.75, 3.05) is 12.3 Å². The van der Waals surface area contributed by atoms with Gasteiger partial charge < -0.3 is 30.9 Å². The van der Waals surface area contributed by atoms with Crippen LogP contribution in [-0.4, -0.2) is 70.3 Å². The van der Waals surface area contributed by atoms with Gasteiger partial charge in [0.15, 0.2) is 6.10 Å². The van der Waals surface area contributed by atoms with Crippen molar-refractivity contribution in [2.45, 2.75) is 95.6 Å². The van der Waals surface area contributed by atoms with E-state index in [0.717, 1.165) is 5.56 Å². The first-order chi connectivity index (χ1) is 17.9. The van der Waals surface area contributed by atoms with Crippen molar-refractivity contribution < 1.29 is 29.0 Å². The maximum absolute atomic E-state index is 13.2. The predicted octanol–water partition coefficient (Wildman–Crippen LogP) is 3.36. The van der Waals surface area contributed by atoms with E-state index >= 15 is 0 Å². The van der Waals surface area contributed by atoms with Gasteiger partial charge in [0.05, 0.1) is 24.9 Å². The molecule has 5 N–H and O–H groups in total. The lowest BCUT2D eigenvalue weighted by Gasteiger charge is -2.36. The number of nitrogens with one attached hydrogen (secondary N) is 2. The summed E-state index contributed by atoms with van der Waals surface area (Å²) in [6, 6.07) is 7.91. The van der Waals surface area contributed by atoms with Gasteiger partial charge in [-0.25, -0.2) is 4.79 Å². The van der Waals surface area contributed by atoms with Crippen molar-refractivity contribution >= 4 is 39.4 Å². The van der Waals surface area contributed by atoms with Gasteiger partial charge in [-0.15, -0.1) is 0 Å². The Labute approximate surface area is 234 Å². The fraction of sp³-hybridized carbons (Fsp3) is 0.667. The molecule has 38 heavy (non-hydrogen) atoms. The van der Waals surface area contributed by atoms with Crippen molar-refractivity contribution in [1.82, 2.24) is 10.6 Å². The number of rotatable bonds is 14. The first-order valence-corrected chi connectivity index (χ1v) is 15.4. The topological polar surface area (TPSA) is 140 Å². The molecule has 0 aliphatic carbocycles. The van der Waals surface area contributed by atoms with Crippen LogP contribution in [-0.2, 0) is 30.5 Å². The van der Waals surface area contributed by atoms with Crippen LogP contribution in [0.4, 0.5) is 0 Å². The number of carbonyl (C=O) groups is 3. The molecule has 1 saturated heterocycles. The predicted molar refractivity (Wildman–Crippen MR) is 153 cm³/mol. The molecular weight excluding hydrogens is 526 g/mol. The van der Waals surface area contributed by atoms with Crippen LogP contribution in [0.3, 0.4) is 0 Å². The number of ether oxygens (including phenoxy) is 2. The molecule has 214 valence electrons. The third kappa shape index (κ3) is 11.9. The maximum atomic E-state index is 13.2. The largest absolute Gasteiger partial charge is 0.480 e. The highest BCUT2D eigenvalue weighted by Gasteiger charge is 2.39. The van der Waals surface area contributed by atoms with Crippen LogP contribution in [0.2, 0.25) is 0 Å². The van der Waals surface area contributed by atoms with Crippen LogP contribution in [0.25, 0.3) is 0 Å². The molecule has 0 unspecified atom stereocenters. The average molecular weight is 570 g/mol. The lowest BCUT2D eigenvalue weighted by Crippen LogP contribution is -2.55. The number of hydrogen-bond acceptors (Lipinski definition) is 8. The number of nitrogens with two attached hydrogens (primary N) is 1. The average Bonchev–Trinajstić information content (AvgIpc) is 2.85. The fourth-order valence-electron chi connectivity index (χ4n) is 3.85. The fourth-order valence-corrected chi connectivity index (χ4v) is 6.27. The zero-order valence-corrected chi connectivity index (χ0v) is 24.6. The Kier molecular flexibility index (Phi) is 13.4. The summed E-state index contributed by atoms with van der Waals surface area (Å²) in [5.74, 6) is -1.33. The molecule has 0 radical (unpaired) electrons. The third-order valence-corrected chi connectivity index (χ3v) is 9.11. The zero-order valence-electron chi connectivity index (χ0n) is 23.0. The summed E-state index contributed by atoms with van der Waals surface area (Å²) in [7, 11) is 3.23. The number of carbonyl (C=O) groups excluding carboxylic acids is 2. The van der Waals surface area contributed by atoms with Crippen LogP contribution in [0.1, 0.15) is 59.4 Å². The molecule has 2 amide bonds. The summed E-state index contributed by atoms with van der Waals surface area (Å²) in [6.45, 7) is 10.6. The molecule has 1 heterocycles. The van der Waals surface area contributed by atoms with E-state index in [1.807, 2.05) is 44.2 Å². The Bertz CT molecular complexity index is 897. The van der Waals surface area contributed by atoms with E-state index in [1.54, 1.807) is 21.6 Å². The molecule has 1 aliphatic rings. The molecule has 11 heteroatoms. The Morgan fingerprint density at radius 3 is 2.47 bits per heavy atom. The molecule has 0 saturated carbocycles. The van der Waals surface area contributed by atoms with Crippen LogP contribution < -0.4 is 16.4 Å². The Morgan fingerprint density at radius 1 is 1.18 bits per heavy atom. The molecule has 1 fully saturated rings. The van der Waals surface area contributed by atoms with Crippen LogP contribution in [0.5, 0.6) is 0 Å². The molecule has 0 spiro atoms. The minimum absolute atomic E-state index is 0.0698. The smallest absolute Gasteiger partial charge is 0.326 e. The second kappa shape index (κ2) is 15.7. The molecule has 5 atom stereocenters. The van der Waals surface area contributed by atoms with Crippen LogP contribution >= 0.6 is 21.6 Å². The summed E-state index contributed by atoms with van der Waals surface area (Å²) >= 11 is 0. The molecule has 0 bridgehead atoms. The van der Waals surface area contributed by atoms with Gasteiger partial charge in [-0.05, 0) is 30.7 Å². The van der Waals surface area contributed by atoms with E-state index in [1.165, 1.54) is 0 Å². The van der Waals surface area contributed by atoms with E-state index in [-0.39, 0.29) is 23.1 Å². The summed E-state index contributed by atoms with van der Waals surface area (Å²) in [6.07, 6.45) is -0.589. The third-order valence-electron chi connectivity index (χ3n) is 5.73. The molecule has 1 aliphatic heterocycles. The van der Waals surface area contributed by atoms with Gasteiger partial charge in [-0.1, -0.05) is 86.5 Å². The highest BCUT2D eigenvalue weighted by molar-refractivity contribution is 8.77. The number of carboxylic acids is 1. The van der Waals surface area contributed by atoms with E-state index < -0.39 is 42.3 Å². The first-order valence-electron chi connectivity index (χ1n) is 13.0. The van der Waals surface area contributed by atoms with Crippen LogP contribution in [0.15, 0.2) is 30.3 Å². The van der Waals surface area contributed by atoms with Gasteiger partial charge >= 0.3 is 5.97 Å². The Hall–Kier alpha value is -1.79. The molecule has 1 aromatic carbocycles. The molecule has 1 aromatic rings. The van der Waals surface area contributed by atoms with E-state index in [9.17, 15) is 19.5 Å². The van der Waals surface area contributed by atoms with Gasteiger partial charge in [-0.3, -0.25) is 9.59 Å². The quantitative estimate of drug-likeness (QED) is 0.248. The van der Waals surface area contributed by atoms with Crippen LogP contribution in [0, 0.1) is 5.92 Å². The summed E-state index contributed by atoms with van der Waals surface area (Å²) in [5, 5.41) is 15.1. The van der Waals surface area contributed by atoms with Crippen molar-refractivity contribution in [3.63, 3.8) is 0 Å². The maximum Gasteiger partial charge on any atom is 0.326 e. The number of benzene rings is 1. The second-order valence-electron chi connectivity index (χ2n) is 11.0. The van der Waals surface area contributed by atoms with Crippen molar-refractivity contribution in [3.8, 4) is 0 Å². The van der Waals surface area contributed by atoms with E-state index in [4.69, 9.17) is 15.2 Å². The SMILES string of the molecule is CC(C)C[C@H](NC(=O)[C@H]1O[C@@H](CNC(=O)[C@@H](N)CSSC(C)(C)C)CC[C@@H]1OCc1ccccc1)C(=O)O. The molecule has 9 nitrogen and oxygen atoms in total. The van der Waals surface area contributed by atoms with Crippen molar-refractivity contribution in [1.29, 1.82) is 0 Å². The summed E-state index contributed by atoms with van der Waals surface area (Å²) < 4.78 is 12.2. The van der Waals surface area contributed by atoms with E-state index in [2.05, 4.69) is 31.4 Å². The van der Waals surface area contributed by atoms with E-state index in [0.29, 0.717) is 31.6 Å². The van der Waals surface area contributed by atoms with Gasteiger partial charge in [0, 0.05) is 17.0 Å². The van der Waals surface area contributed by atoms with Crippen molar-refractivity contribution in [2.24, 2.45) is 11.7 Å². The monoisotopic (exact) mass is 569 g/mol. The minimum atomic E-state index is -1.09. The second-order valence-corrected chi connectivity index (χ2v) is 14.1. The Morgan fingerprint density at radius 2 is 1.87 bits per heavy atom. The number of aliphatic carboxylic acids is 1. The Balaban J connectivity index is 2.00. The lowest BCUT2D eigenvalue weighted by atomic mass is 9.98. The highest BCUT2D eigenvalue weighted by Crippen LogP contribution is 2.35. The number of carboxylic acid groups (broad SMARTS) is 1. The number of hydrogen-bond donors (Lipinski definition) is 4. The summed E-state index contributed by atoms with van der Waals surface area (Å²) in [4.78, 5) is 37.5. The molecular formula is C27H43N3O6S2. The normalized spacial score (nSPS) is 21.5. The van der Waals surface area contributed by atoms with Crippen molar-refractivity contribution in [3.05, 3.63) is 35.9 Å². The molecule has 2 rings (SSSR count). The van der Waals surface area contributed by atoms with Gasteiger partial charge in [0.25, 0.3) is 5.91 Å². The van der Waals surface area contributed by atoms with Gasteiger partial charge in [0.1, 0.15) is 6.04 Å². The highest BCUT2D eigenvalue weighted by atomic mass is 33.1. The number of amides is 2. The summed E-state index contributed by atoms with van der Waals surface area (Å²) in [5.41, 5.74) is 7.01. The van der Waals surface area contributed by atoms with Gasteiger partial charge in [-0.2, -0.15) is 0 Å². The first kappa shape index (κ1) is 32.4. The lowest BCUT2D eigenvalue weighted by molar-refractivity contribution is -0.169. The molecule has 0 aromatic heterocycles. The minimum Gasteiger partial charge on any atom is -0.480 e. The zero-order chi connectivity index (χ0) is 28.3. The van der Waals surface area contributed by atoms with Gasteiger partial charge in [0.2, 0.25) is 5.91 Å².